The molecular weight excluding hydrogens is 256 g/mol. The van der Waals surface area contributed by atoms with Crippen LogP contribution in [-0.2, 0) is 19.1 Å². The van der Waals surface area contributed by atoms with Gasteiger partial charge in [-0.15, -0.1) is 0 Å². The zero-order valence-corrected chi connectivity index (χ0v) is 12.7. The van der Waals surface area contributed by atoms with E-state index in [0.29, 0.717) is 18.8 Å². The molecule has 0 aromatic rings. The Kier molecular flexibility index (Phi) is 5.06. The molecule has 114 valence electrons. The van der Waals surface area contributed by atoms with E-state index in [1.807, 2.05) is 0 Å². The Bertz CT molecular complexity index is 341. The average molecular weight is 282 g/mol. The quantitative estimate of drug-likeness (QED) is 0.587. The first-order chi connectivity index (χ1) is 9.62. The van der Waals surface area contributed by atoms with Crippen molar-refractivity contribution in [2.75, 3.05) is 14.2 Å². The van der Waals surface area contributed by atoms with Crippen LogP contribution in [0, 0.1) is 17.3 Å². The number of rotatable bonds is 4. The topological polar surface area (TPSA) is 52.6 Å². The minimum atomic E-state index is -1.04. The monoisotopic (exact) mass is 282 g/mol. The zero-order chi connectivity index (χ0) is 14.6. The van der Waals surface area contributed by atoms with E-state index in [1.165, 1.54) is 46.3 Å². The largest absolute Gasteiger partial charge is 0.468 e. The first-order valence-corrected chi connectivity index (χ1v) is 7.79. The van der Waals surface area contributed by atoms with Crippen molar-refractivity contribution in [2.24, 2.45) is 17.3 Å². The molecule has 2 rings (SSSR count). The van der Waals surface area contributed by atoms with Crippen LogP contribution in [0.4, 0.5) is 0 Å². The highest BCUT2D eigenvalue weighted by Crippen LogP contribution is 2.47. The molecule has 0 heterocycles. The van der Waals surface area contributed by atoms with Gasteiger partial charge >= 0.3 is 11.9 Å². The number of hydrogen-bond donors (Lipinski definition) is 0. The van der Waals surface area contributed by atoms with Crippen LogP contribution in [0.3, 0.4) is 0 Å². The zero-order valence-electron chi connectivity index (χ0n) is 12.7. The molecule has 2 aliphatic rings. The molecule has 0 aliphatic heterocycles. The summed E-state index contributed by atoms with van der Waals surface area (Å²) in [5, 5.41) is 0. The fourth-order valence-electron chi connectivity index (χ4n) is 4.09. The van der Waals surface area contributed by atoms with Crippen molar-refractivity contribution < 1.29 is 19.1 Å². The van der Waals surface area contributed by atoms with Crippen LogP contribution >= 0.6 is 0 Å². The van der Waals surface area contributed by atoms with Gasteiger partial charge in [-0.05, 0) is 37.5 Å². The number of carbonyl (C=O) groups excluding carboxylic acids is 2. The summed E-state index contributed by atoms with van der Waals surface area (Å²) in [6, 6.07) is 0. The molecule has 0 saturated heterocycles. The lowest BCUT2D eigenvalue weighted by Crippen LogP contribution is -2.39. The van der Waals surface area contributed by atoms with Crippen molar-refractivity contribution >= 4 is 11.9 Å². The number of ether oxygens (including phenoxy) is 2. The maximum Gasteiger partial charge on any atom is 0.323 e. The second-order valence-corrected chi connectivity index (χ2v) is 6.41. The Balaban J connectivity index is 1.99. The van der Waals surface area contributed by atoms with Gasteiger partial charge in [0.2, 0.25) is 0 Å². The predicted octanol–water partition coefficient (Wildman–Crippen LogP) is 3.09. The molecule has 0 radical (unpaired) electrons. The van der Waals surface area contributed by atoms with Gasteiger partial charge < -0.3 is 9.47 Å². The molecule has 20 heavy (non-hydrogen) atoms. The molecule has 2 fully saturated rings. The van der Waals surface area contributed by atoms with E-state index in [9.17, 15) is 9.59 Å². The Labute approximate surface area is 121 Å². The van der Waals surface area contributed by atoms with Crippen LogP contribution < -0.4 is 0 Å². The van der Waals surface area contributed by atoms with Crippen molar-refractivity contribution in [3.05, 3.63) is 0 Å². The molecule has 2 saturated carbocycles. The van der Waals surface area contributed by atoms with Gasteiger partial charge in [0.15, 0.2) is 5.41 Å². The van der Waals surface area contributed by atoms with Crippen molar-refractivity contribution in [1.29, 1.82) is 0 Å². The Morgan fingerprint density at radius 1 is 0.950 bits per heavy atom. The van der Waals surface area contributed by atoms with E-state index in [-0.39, 0.29) is 0 Å². The summed E-state index contributed by atoms with van der Waals surface area (Å²) in [6.45, 7) is 0. The van der Waals surface area contributed by atoms with Gasteiger partial charge in [0.25, 0.3) is 0 Å². The minimum Gasteiger partial charge on any atom is -0.468 e. The smallest absolute Gasteiger partial charge is 0.323 e. The van der Waals surface area contributed by atoms with E-state index in [1.54, 1.807) is 0 Å². The molecule has 0 amide bonds. The van der Waals surface area contributed by atoms with Crippen LogP contribution in [0.15, 0.2) is 0 Å². The van der Waals surface area contributed by atoms with Crippen molar-refractivity contribution in [2.45, 2.75) is 57.8 Å². The van der Waals surface area contributed by atoms with Gasteiger partial charge in [0.05, 0.1) is 14.2 Å². The maximum absolute atomic E-state index is 12.1. The summed E-state index contributed by atoms with van der Waals surface area (Å²) in [4.78, 5) is 24.1. The lowest BCUT2D eigenvalue weighted by atomic mass is 9.80. The third-order valence-electron chi connectivity index (χ3n) is 5.16. The van der Waals surface area contributed by atoms with Gasteiger partial charge in [-0.25, -0.2) is 0 Å². The van der Waals surface area contributed by atoms with Gasteiger partial charge in [0, 0.05) is 0 Å². The summed E-state index contributed by atoms with van der Waals surface area (Å²) in [5.41, 5.74) is -1.04. The van der Waals surface area contributed by atoms with Gasteiger partial charge in [0.1, 0.15) is 0 Å². The third kappa shape index (κ3) is 2.99. The fourth-order valence-corrected chi connectivity index (χ4v) is 4.09. The number of carbonyl (C=O) groups is 2. The highest BCUT2D eigenvalue weighted by molar-refractivity contribution is 6.00. The molecule has 2 aliphatic carbocycles. The van der Waals surface area contributed by atoms with E-state index < -0.39 is 17.4 Å². The van der Waals surface area contributed by atoms with Crippen LogP contribution in [0.2, 0.25) is 0 Å². The second kappa shape index (κ2) is 6.59. The maximum atomic E-state index is 12.1. The molecule has 4 nitrogen and oxygen atoms in total. The standard InChI is InChI=1S/C16H26O4/c1-19-14(17)16(15(18)20-2)9-8-13(11-16)10-12-6-4-3-5-7-12/h12-13H,3-11H2,1-2H3. The molecule has 0 spiro atoms. The molecular formula is C16H26O4. The van der Waals surface area contributed by atoms with Gasteiger partial charge in [-0.2, -0.15) is 0 Å². The van der Waals surface area contributed by atoms with Crippen LogP contribution in [0.5, 0.6) is 0 Å². The minimum absolute atomic E-state index is 0.421. The lowest BCUT2D eigenvalue weighted by Gasteiger charge is -2.26. The van der Waals surface area contributed by atoms with E-state index in [2.05, 4.69) is 0 Å². The highest BCUT2D eigenvalue weighted by atomic mass is 16.5. The van der Waals surface area contributed by atoms with E-state index in [4.69, 9.17) is 9.47 Å². The molecule has 0 aromatic carbocycles. The van der Waals surface area contributed by atoms with E-state index >= 15 is 0 Å². The van der Waals surface area contributed by atoms with Crippen LogP contribution in [0.25, 0.3) is 0 Å². The molecule has 1 unspecified atom stereocenters. The van der Waals surface area contributed by atoms with Crippen LogP contribution in [0.1, 0.15) is 57.8 Å². The summed E-state index contributed by atoms with van der Waals surface area (Å²) >= 11 is 0. The first-order valence-electron chi connectivity index (χ1n) is 7.79. The third-order valence-corrected chi connectivity index (χ3v) is 5.16. The van der Waals surface area contributed by atoms with Crippen molar-refractivity contribution in [3.63, 3.8) is 0 Å². The molecule has 1 atom stereocenters. The summed E-state index contributed by atoms with van der Waals surface area (Å²) in [6.07, 6.45) is 9.88. The molecule has 4 heteroatoms. The number of hydrogen-bond acceptors (Lipinski definition) is 4. The normalized spacial score (nSPS) is 26.2. The lowest BCUT2D eigenvalue weighted by molar-refractivity contribution is -0.168. The average Bonchev–Trinajstić information content (AvgIpc) is 2.91. The summed E-state index contributed by atoms with van der Waals surface area (Å²) in [5.74, 6) is 0.391. The number of methoxy groups -OCH3 is 2. The molecule has 0 aromatic heterocycles. The van der Waals surface area contributed by atoms with Crippen molar-refractivity contribution in [1.82, 2.24) is 0 Å². The Morgan fingerprint density at radius 2 is 1.55 bits per heavy atom. The van der Waals surface area contributed by atoms with Crippen molar-refractivity contribution in [3.8, 4) is 0 Å². The Morgan fingerprint density at radius 3 is 2.10 bits per heavy atom. The van der Waals surface area contributed by atoms with Gasteiger partial charge in [-0.3, -0.25) is 9.59 Å². The predicted molar refractivity (Wildman–Crippen MR) is 75.0 cm³/mol. The molecule has 0 N–H and O–H groups in total. The van der Waals surface area contributed by atoms with Gasteiger partial charge in [-0.1, -0.05) is 32.1 Å². The van der Waals surface area contributed by atoms with E-state index in [0.717, 1.165) is 18.8 Å². The SMILES string of the molecule is COC(=O)C1(C(=O)OC)CCC(CC2CCCCC2)C1. The highest BCUT2D eigenvalue weighted by Gasteiger charge is 2.53. The first kappa shape index (κ1) is 15.3. The number of esters is 2. The van der Waals surface area contributed by atoms with Crippen LogP contribution in [-0.4, -0.2) is 26.2 Å². The fraction of sp³-hybridized carbons (Fsp3) is 0.875. The Hall–Kier alpha value is -1.06. The summed E-state index contributed by atoms with van der Waals surface area (Å²) < 4.78 is 9.72. The summed E-state index contributed by atoms with van der Waals surface area (Å²) in [7, 11) is 2.70. The molecule has 0 bridgehead atoms. The second-order valence-electron chi connectivity index (χ2n) is 6.41.